The summed E-state index contributed by atoms with van der Waals surface area (Å²) < 4.78 is 13.3. The lowest BCUT2D eigenvalue weighted by atomic mass is 10.2. The lowest BCUT2D eigenvalue weighted by Crippen LogP contribution is -1.92. The monoisotopic (exact) mass is 229 g/mol. The van der Waals surface area contributed by atoms with E-state index in [9.17, 15) is 4.39 Å². The maximum absolute atomic E-state index is 12.6. The van der Waals surface area contributed by atoms with Crippen LogP contribution < -0.4 is 5.73 Å². The van der Waals surface area contributed by atoms with Crippen LogP contribution in [0.25, 0.3) is 6.08 Å². The van der Waals surface area contributed by atoms with Crippen molar-refractivity contribution < 1.29 is 4.39 Å². The smallest absolute Gasteiger partial charge is 0.124 e. The molecule has 0 aromatic heterocycles. The largest absolute Gasteiger partial charge is 0.327 e. The average Bonchev–Trinajstić information content (AvgIpc) is 2.03. The minimum atomic E-state index is -0.244. The number of hydrogen-bond donors (Lipinski definition) is 1. The summed E-state index contributed by atoms with van der Waals surface area (Å²) in [5.41, 5.74) is 6.21. The molecule has 1 rings (SSSR count). The number of benzene rings is 1. The van der Waals surface area contributed by atoms with Crippen molar-refractivity contribution >= 4 is 22.0 Å². The second kappa shape index (κ2) is 4.38. The zero-order chi connectivity index (χ0) is 8.97. The number of hydrogen-bond acceptors (Lipinski definition) is 1. The van der Waals surface area contributed by atoms with Gasteiger partial charge in [0.25, 0.3) is 0 Å². The summed E-state index contributed by atoms with van der Waals surface area (Å²) >= 11 is 3.25. The number of halogens is 2. The van der Waals surface area contributed by atoms with E-state index in [1.165, 1.54) is 12.1 Å². The Bertz CT molecular complexity index is 297. The van der Waals surface area contributed by atoms with Gasteiger partial charge in [-0.05, 0) is 17.7 Å². The van der Waals surface area contributed by atoms with Gasteiger partial charge in [-0.15, -0.1) is 0 Å². The Morgan fingerprint density at radius 3 is 2.83 bits per heavy atom. The second-order valence-electron chi connectivity index (χ2n) is 2.30. The third-order valence-corrected chi connectivity index (χ3v) is 2.08. The van der Waals surface area contributed by atoms with Gasteiger partial charge in [-0.3, -0.25) is 0 Å². The average molecular weight is 230 g/mol. The van der Waals surface area contributed by atoms with Crippen LogP contribution in [0.4, 0.5) is 4.39 Å². The van der Waals surface area contributed by atoms with Crippen molar-refractivity contribution in [3.63, 3.8) is 0 Å². The van der Waals surface area contributed by atoms with Crippen molar-refractivity contribution in [1.29, 1.82) is 0 Å². The normalized spacial score (nSPS) is 10.9. The fourth-order valence-corrected chi connectivity index (χ4v) is 1.31. The zero-order valence-electron chi connectivity index (χ0n) is 6.43. The molecule has 0 fully saturated rings. The molecule has 0 unspecified atom stereocenters. The van der Waals surface area contributed by atoms with Gasteiger partial charge in [-0.25, -0.2) is 4.39 Å². The first-order chi connectivity index (χ1) is 5.74. The van der Waals surface area contributed by atoms with E-state index in [2.05, 4.69) is 15.9 Å². The zero-order valence-corrected chi connectivity index (χ0v) is 8.01. The summed E-state index contributed by atoms with van der Waals surface area (Å²) in [6.07, 6.45) is 3.67. The number of nitrogens with two attached hydrogens (primary N) is 1. The van der Waals surface area contributed by atoms with Crippen LogP contribution >= 0.6 is 15.9 Å². The Labute approximate surface area is 79.2 Å². The van der Waals surface area contributed by atoms with Crippen molar-refractivity contribution in [2.45, 2.75) is 0 Å². The second-order valence-corrected chi connectivity index (χ2v) is 3.16. The summed E-state index contributed by atoms with van der Waals surface area (Å²) in [6.45, 7) is 0.490. The van der Waals surface area contributed by atoms with Crippen molar-refractivity contribution in [3.05, 3.63) is 40.1 Å². The van der Waals surface area contributed by atoms with Gasteiger partial charge in [-0.2, -0.15) is 0 Å². The molecule has 1 nitrogen and oxygen atoms in total. The van der Waals surface area contributed by atoms with E-state index in [1.54, 1.807) is 6.07 Å². The highest BCUT2D eigenvalue weighted by Gasteiger charge is 1.96. The first kappa shape index (κ1) is 9.42. The molecule has 64 valence electrons. The van der Waals surface area contributed by atoms with E-state index < -0.39 is 0 Å². The molecule has 0 aliphatic carbocycles. The Morgan fingerprint density at radius 1 is 1.50 bits per heavy atom. The maximum atomic E-state index is 12.6. The molecular formula is C9H9BrFN. The van der Waals surface area contributed by atoms with Crippen LogP contribution in [0.5, 0.6) is 0 Å². The van der Waals surface area contributed by atoms with Crippen LogP contribution in [-0.2, 0) is 0 Å². The van der Waals surface area contributed by atoms with Crippen LogP contribution in [0.15, 0.2) is 28.7 Å². The van der Waals surface area contributed by atoms with Gasteiger partial charge in [0.15, 0.2) is 0 Å². The Hall–Kier alpha value is -0.670. The van der Waals surface area contributed by atoms with Gasteiger partial charge < -0.3 is 5.73 Å². The van der Waals surface area contributed by atoms with Crippen LogP contribution in [-0.4, -0.2) is 6.54 Å². The quantitative estimate of drug-likeness (QED) is 0.830. The highest BCUT2D eigenvalue weighted by molar-refractivity contribution is 9.10. The number of rotatable bonds is 2. The van der Waals surface area contributed by atoms with E-state index in [0.717, 1.165) is 10.0 Å². The van der Waals surface area contributed by atoms with Crippen molar-refractivity contribution in [2.75, 3.05) is 6.54 Å². The molecule has 0 saturated heterocycles. The summed E-state index contributed by atoms with van der Waals surface area (Å²) in [4.78, 5) is 0. The van der Waals surface area contributed by atoms with Gasteiger partial charge in [0.2, 0.25) is 0 Å². The molecule has 0 radical (unpaired) electrons. The molecular weight excluding hydrogens is 221 g/mol. The molecule has 0 aliphatic rings. The van der Waals surface area contributed by atoms with Crippen LogP contribution in [0, 0.1) is 5.82 Å². The topological polar surface area (TPSA) is 26.0 Å². The van der Waals surface area contributed by atoms with Crippen molar-refractivity contribution in [1.82, 2.24) is 0 Å². The summed E-state index contributed by atoms with van der Waals surface area (Å²) in [5.74, 6) is -0.244. The highest BCUT2D eigenvalue weighted by Crippen LogP contribution is 2.18. The lowest BCUT2D eigenvalue weighted by Gasteiger charge is -1.97. The molecule has 0 heterocycles. The highest BCUT2D eigenvalue weighted by atomic mass is 79.9. The first-order valence-corrected chi connectivity index (χ1v) is 4.35. The third-order valence-electron chi connectivity index (χ3n) is 1.40. The van der Waals surface area contributed by atoms with Crippen LogP contribution in [0.2, 0.25) is 0 Å². The maximum Gasteiger partial charge on any atom is 0.124 e. The molecule has 3 heteroatoms. The van der Waals surface area contributed by atoms with Crippen LogP contribution in [0.1, 0.15) is 5.56 Å². The predicted octanol–water partition coefficient (Wildman–Crippen LogP) is 2.56. The molecule has 0 bridgehead atoms. The van der Waals surface area contributed by atoms with Crippen molar-refractivity contribution in [3.8, 4) is 0 Å². The van der Waals surface area contributed by atoms with Gasteiger partial charge in [0, 0.05) is 11.0 Å². The molecule has 12 heavy (non-hydrogen) atoms. The van der Waals surface area contributed by atoms with E-state index in [4.69, 9.17) is 5.73 Å². The van der Waals surface area contributed by atoms with Gasteiger partial charge >= 0.3 is 0 Å². The fraction of sp³-hybridized carbons (Fsp3) is 0.111. The van der Waals surface area contributed by atoms with E-state index in [0.29, 0.717) is 6.54 Å². The molecule has 0 saturated carbocycles. The summed E-state index contributed by atoms with van der Waals surface area (Å²) in [7, 11) is 0. The van der Waals surface area contributed by atoms with E-state index in [1.807, 2.05) is 12.2 Å². The van der Waals surface area contributed by atoms with Crippen LogP contribution in [0.3, 0.4) is 0 Å². The molecule has 0 atom stereocenters. The van der Waals surface area contributed by atoms with E-state index >= 15 is 0 Å². The third kappa shape index (κ3) is 2.43. The van der Waals surface area contributed by atoms with E-state index in [-0.39, 0.29) is 5.82 Å². The Morgan fingerprint density at radius 2 is 2.25 bits per heavy atom. The lowest BCUT2D eigenvalue weighted by molar-refractivity contribution is 0.627. The Balaban J connectivity index is 2.94. The van der Waals surface area contributed by atoms with Gasteiger partial charge in [0.1, 0.15) is 5.82 Å². The molecule has 1 aromatic carbocycles. The predicted molar refractivity (Wildman–Crippen MR) is 52.2 cm³/mol. The molecule has 2 N–H and O–H groups in total. The Kier molecular flexibility index (Phi) is 3.44. The molecule has 0 amide bonds. The van der Waals surface area contributed by atoms with Gasteiger partial charge in [-0.1, -0.05) is 34.1 Å². The fourth-order valence-electron chi connectivity index (χ4n) is 0.832. The SMILES string of the molecule is NCC=Cc1ccc(F)cc1Br. The molecule has 1 aromatic rings. The molecule has 0 spiro atoms. The minimum Gasteiger partial charge on any atom is -0.327 e. The van der Waals surface area contributed by atoms with Gasteiger partial charge in [0.05, 0.1) is 0 Å². The summed E-state index contributed by atoms with van der Waals surface area (Å²) in [5, 5.41) is 0. The minimum absolute atomic E-state index is 0.244. The van der Waals surface area contributed by atoms with Crippen molar-refractivity contribution in [2.24, 2.45) is 5.73 Å². The standard InChI is InChI=1S/C9H9BrFN/c10-9-6-8(11)4-3-7(9)2-1-5-12/h1-4,6H,5,12H2. The summed E-state index contributed by atoms with van der Waals surface area (Å²) in [6, 6.07) is 4.54. The first-order valence-electron chi connectivity index (χ1n) is 3.55. The molecule has 0 aliphatic heterocycles.